The molecule has 0 bridgehead atoms. The van der Waals surface area contributed by atoms with Gasteiger partial charge in [0.15, 0.2) is 0 Å². The van der Waals surface area contributed by atoms with Crippen LogP contribution in [0.25, 0.3) is 0 Å². The Hall–Kier alpha value is -1.67. The number of anilines is 2. The van der Waals surface area contributed by atoms with E-state index < -0.39 is 5.97 Å². The maximum absolute atomic E-state index is 11.6. The zero-order chi connectivity index (χ0) is 13.8. The summed E-state index contributed by atoms with van der Waals surface area (Å²) >= 11 is 2.80. The van der Waals surface area contributed by atoms with Crippen LogP contribution in [0, 0.1) is 0 Å². The number of nitrogens with two attached hydrogens (primary N) is 1. The number of hydrogen-bond acceptors (Lipinski definition) is 7. The van der Waals surface area contributed by atoms with Gasteiger partial charge in [0, 0.05) is 18.3 Å². The second-order valence-electron chi connectivity index (χ2n) is 3.66. The molecule has 0 unspecified atom stereocenters. The summed E-state index contributed by atoms with van der Waals surface area (Å²) in [5.74, 6) is -0.408. The van der Waals surface area contributed by atoms with E-state index in [0.717, 1.165) is 15.5 Å². The molecule has 19 heavy (non-hydrogen) atoms. The third-order valence-corrected chi connectivity index (χ3v) is 4.59. The first-order valence-electron chi connectivity index (χ1n) is 5.43. The van der Waals surface area contributed by atoms with Crippen LogP contribution in [0.4, 0.5) is 10.7 Å². The van der Waals surface area contributed by atoms with Crippen LogP contribution in [0.15, 0.2) is 17.3 Å². The van der Waals surface area contributed by atoms with Crippen molar-refractivity contribution in [2.24, 2.45) is 0 Å². The van der Waals surface area contributed by atoms with Crippen molar-refractivity contribution in [2.75, 3.05) is 24.4 Å². The van der Waals surface area contributed by atoms with Crippen LogP contribution in [0.1, 0.15) is 15.2 Å². The van der Waals surface area contributed by atoms with Crippen molar-refractivity contribution in [1.29, 1.82) is 0 Å². The molecule has 0 radical (unpaired) electrons. The van der Waals surface area contributed by atoms with E-state index >= 15 is 0 Å². The van der Waals surface area contributed by atoms with Gasteiger partial charge in [-0.15, -0.1) is 23.1 Å². The lowest BCUT2D eigenvalue weighted by atomic mass is 10.3. The number of aromatic nitrogens is 2. The van der Waals surface area contributed by atoms with Crippen molar-refractivity contribution < 1.29 is 9.53 Å². The molecule has 0 aliphatic carbocycles. The molecule has 0 fully saturated rings. The second-order valence-corrected chi connectivity index (χ2v) is 5.50. The first kappa shape index (κ1) is 13.8. The predicted octanol–water partition coefficient (Wildman–Crippen LogP) is 2.17. The number of carbonyl (C=O) groups is 1. The van der Waals surface area contributed by atoms with E-state index in [9.17, 15) is 4.79 Å². The summed E-state index contributed by atoms with van der Waals surface area (Å²) in [5, 5.41) is 10.7. The Kier molecular flexibility index (Phi) is 4.33. The van der Waals surface area contributed by atoms with Crippen molar-refractivity contribution in [3.8, 4) is 0 Å². The summed E-state index contributed by atoms with van der Waals surface area (Å²) in [6.45, 7) is 0.616. The minimum atomic E-state index is -0.408. The summed E-state index contributed by atoms with van der Waals surface area (Å²) in [4.78, 5) is 12.9. The lowest BCUT2D eigenvalue weighted by Gasteiger charge is -2.04. The van der Waals surface area contributed by atoms with E-state index in [-0.39, 0.29) is 0 Å². The number of rotatable bonds is 5. The van der Waals surface area contributed by atoms with Crippen molar-refractivity contribution >= 4 is 39.8 Å². The van der Waals surface area contributed by atoms with Crippen molar-refractivity contribution in [2.45, 2.75) is 11.4 Å². The van der Waals surface area contributed by atoms with Gasteiger partial charge in [-0.05, 0) is 6.26 Å². The Morgan fingerprint density at radius 3 is 3.05 bits per heavy atom. The Morgan fingerprint density at radius 2 is 2.47 bits per heavy atom. The van der Waals surface area contributed by atoms with Gasteiger partial charge in [0.1, 0.15) is 9.88 Å². The number of ether oxygens (including phenoxy) is 1. The van der Waals surface area contributed by atoms with Crippen LogP contribution in [0.3, 0.4) is 0 Å². The van der Waals surface area contributed by atoms with Gasteiger partial charge < -0.3 is 15.8 Å². The van der Waals surface area contributed by atoms with Gasteiger partial charge in [0.25, 0.3) is 0 Å². The minimum absolute atomic E-state index is 0.408. The number of esters is 1. The quantitative estimate of drug-likeness (QED) is 0.578. The molecule has 2 aromatic rings. The van der Waals surface area contributed by atoms with E-state index in [2.05, 4.69) is 15.5 Å². The molecule has 0 saturated heterocycles. The molecule has 2 aromatic heterocycles. The highest BCUT2D eigenvalue weighted by Crippen LogP contribution is 2.42. The fraction of sp³-hybridized carbons (Fsp3) is 0.273. The molecule has 0 aromatic carbocycles. The fourth-order valence-electron chi connectivity index (χ4n) is 1.55. The van der Waals surface area contributed by atoms with Crippen molar-refractivity contribution in [3.05, 3.63) is 22.8 Å². The third kappa shape index (κ3) is 2.85. The Bertz CT molecular complexity index is 566. The molecule has 2 heterocycles. The zero-order valence-electron chi connectivity index (χ0n) is 10.5. The van der Waals surface area contributed by atoms with Gasteiger partial charge in [0.05, 0.1) is 23.9 Å². The van der Waals surface area contributed by atoms with E-state index in [1.54, 1.807) is 6.20 Å². The molecule has 0 saturated carbocycles. The summed E-state index contributed by atoms with van der Waals surface area (Å²) in [6.07, 6.45) is 5.47. The fourth-order valence-corrected chi connectivity index (χ4v) is 3.50. The van der Waals surface area contributed by atoms with E-state index in [0.29, 0.717) is 17.1 Å². The predicted molar refractivity (Wildman–Crippen MR) is 77.8 cm³/mol. The van der Waals surface area contributed by atoms with E-state index in [1.807, 2.05) is 12.5 Å². The Labute approximate surface area is 118 Å². The number of aromatic amines is 1. The van der Waals surface area contributed by atoms with E-state index in [1.165, 1.54) is 30.2 Å². The van der Waals surface area contributed by atoms with Gasteiger partial charge in [0.2, 0.25) is 0 Å². The molecule has 0 amide bonds. The summed E-state index contributed by atoms with van der Waals surface area (Å²) in [5.41, 5.74) is 7.47. The average molecular weight is 298 g/mol. The average Bonchev–Trinajstić information content (AvgIpc) is 3.03. The SMILES string of the molecule is COC(=O)c1sc(NCc2cn[nH]c2)c(SC)c1N. The van der Waals surface area contributed by atoms with E-state index in [4.69, 9.17) is 10.5 Å². The Balaban J connectivity index is 2.22. The number of thiophene rings is 1. The van der Waals surface area contributed by atoms with Crippen LogP contribution < -0.4 is 11.1 Å². The van der Waals surface area contributed by atoms with Gasteiger partial charge in [-0.3, -0.25) is 5.10 Å². The minimum Gasteiger partial charge on any atom is -0.465 e. The van der Waals surface area contributed by atoms with Gasteiger partial charge in [-0.1, -0.05) is 0 Å². The van der Waals surface area contributed by atoms with Gasteiger partial charge >= 0.3 is 5.97 Å². The molecular formula is C11H14N4O2S2. The molecule has 0 spiro atoms. The maximum Gasteiger partial charge on any atom is 0.350 e. The van der Waals surface area contributed by atoms with Crippen LogP contribution in [-0.2, 0) is 11.3 Å². The van der Waals surface area contributed by atoms with Gasteiger partial charge in [-0.2, -0.15) is 5.10 Å². The summed E-state index contributed by atoms with van der Waals surface area (Å²) < 4.78 is 4.72. The molecule has 4 N–H and O–H groups in total. The number of carbonyl (C=O) groups excluding carboxylic acids is 1. The summed E-state index contributed by atoms with van der Waals surface area (Å²) in [6, 6.07) is 0. The number of hydrogen-bond donors (Lipinski definition) is 3. The Morgan fingerprint density at radius 1 is 1.68 bits per heavy atom. The zero-order valence-corrected chi connectivity index (χ0v) is 12.2. The molecular weight excluding hydrogens is 284 g/mol. The van der Waals surface area contributed by atoms with Gasteiger partial charge in [-0.25, -0.2) is 4.79 Å². The summed E-state index contributed by atoms with van der Waals surface area (Å²) in [7, 11) is 1.35. The number of nitrogens with one attached hydrogen (secondary N) is 2. The number of H-pyrrole nitrogens is 1. The monoisotopic (exact) mass is 298 g/mol. The first-order valence-corrected chi connectivity index (χ1v) is 7.47. The van der Waals surface area contributed by atoms with Crippen LogP contribution in [0.5, 0.6) is 0 Å². The standard InChI is InChI=1S/C11H14N4O2S2/c1-17-11(16)9-7(12)8(18-2)10(19-9)13-3-6-4-14-15-5-6/h4-5,13H,3,12H2,1-2H3,(H,14,15). The van der Waals surface area contributed by atoms with Crippen molar-refractivity contribution in [1.82, 2.24) is 10.2 Å². The number of nitrogens with zero attached hydrogens (tertiary/aromatic N) is 1. The topological polar surface area (TPSA) is 93.0 Å². The first-order chi connectivity index (χ1) is 9.17. The largest absolute Gasteiger partial charge is 0.465 e. The molecule has 8 heteroatoms. The molecule has 0 aliphatic rings. The smallest absolute Gasteiger partial charge is 0.350 e. The number of methoxy groups -OCH3 is 1. The maximum atomic E-state index is 11.6. The van der Waals surface area contributed by atoms with Crippen LogP contribution in [-0.4, -0.2) is 29.5 Å². The highest BCUT2D eigenvalue weighted by molar-refractivity contribution is 7.99. The highest BCUT2D eigenvalue weighted by Gasteiger charge is 2.21. The molecule has 0 atom stereocenters. The lowest BCUT2D eigenvalue weighted by molar-refractivity contribution is 0.0607. The molecule has 6 nitrogen and oxygen atoms in total. The number of thioether (sulfide) groups is 1. The number of nitrogen functional groups attached to an aromatic ring is 1. The normalized spacial score (nSPS) is 10.4. The van der Waals surface area contributed by atoms with Crippen LogP contribution in [0.2, 0.25) is 0 Å². The third-order valence-electron chi connectivity index (χ3n) is 2.48. The van der Waals surface area contributed by atoms with Crippen molar-refractivity contribution in [3.63, 3.8) is 0 Å². The van der Waals surface area contributed by atoms with Crippen LogP contribution >= 0.6 is 23.1 Å². The molecule has 2 rings (SSSR count). The lowest BCUT2D eigenvalue weighted by Crippen LogP contribution is -2.01. The highest BCUT2D eigenvalue weighted by atomic mass is 32.2. The molecule has 0 aliphatic heterocycles. The second kappa shape index (κ2) is 5.98. The molecule has 102 valence electrons.